The molecule has 148 valence electrons. The summed E-state index contributed by atoms with van der Waals surface area (Å²) in [5, 5.41) is 10.8. The Morgan fingerprint density at radius 3 is 2.57 bits per heavy atom. The molecule has 1 heterocycles. The molecule has 0 saturated heterocycles. The van der Waals surface area contributed by atoms with Crippen LogP contribution in [0, 0.1) is 5.82 Å². The fourth-order valence-corrected chi connectivity index (χ4v) is 2.69. The van der Waals surface area contributed by atoms with E-state index < -0.39 is 0 Å². The highest BCUT2D eigenvalue weighted by molar-refractivity contribution is 14.0. The normalized spacial score (nSPS) is 11.0. The predicted octanol–water partition coefficient (Wildman–Crippen LogP) is 3.93. The number of rotatable bonds is 7. The van der Waals surface area contributed by atoms with Crippen LogP contribution >= 0.6 is 24.0 Å². The summed E-state index contributed by atoms with van der Waals surface area (Å²) in [5.74, 6) is 0.538. The highest BCUT2D eigenvalue weighted by atomic mass is 127. The van der Waals surface area contributed by atoms with Crippen molar-refractivity contribution in [2.45, 2.75) is 19.9 Å². The van der Waals surface area contributed by atoms with E-state index >= 15 is 0 Å². The molecule has 0 spiro atoms. The molecule has 0 aliphatic carbocycles. The molecule has 5 nitrogen and oxygen atoms in total. The average molecular weight is 493 g/mol. The van der Waals surface area contributed by atoms with Gasteiger partial charge in [0.15, 0.2) is 5.96 Å². The van der Waals surface area contributed by atoms with Crippen LogP contribution in [0.25, 0.3) is 5.69 Å². The van der Waals surface area contributed by atoms with Crippen LogP contribution in [-0.4, -0.2) is 28.8 Å². The van der Waals surface area contributed by atoms with Crippen molar-refractivity contribution < 1.29 is 4.39 Å². The van der Waals surface area contributed by atoms with E-state index in [9.17, 15) is 4.39 Å². The summed E-state index contributed by atoms with van der Waals surface area (Å²) in [7, 11) is 0. The summed E-state index contributed by atoms with van der Waals surface area (Å²) in [6.45, 7) is 3.90. The first-order valence-corrected chi connectivity index (χ1v) is 9.11. The third-order valence-electron chi connectivity index (χ3n) is 4.07. The lowest BCUT2D eigenvalue weighted by atomic mass is 10.1. The Kier molecular flexibility index (Phi) is 8.93. The van der Waals surface area contributed by atoms with E-state index in [1.807, 2.05) is 60.4 Å². The first-order chi connectivity index (χ1) is 13.3. The van der Waals surface area contributed by atoms with Crippen molar-refractivity contribution in [3.8, 4) is 5.69 Å². The lowest BCUT2D eigenvalue weighted by Gasteiger charge is -2.11. The second kappa shape index (κ2) is 11.4. The van der Waals surface area contributed by atoms with Crippen LogP contribution < -0.4 is 10.6 Å². The smallest absolute Gasteiger partial charge is 0.191 e. The van der Waals surface area contributed by atoms with Gasteiger partial charge in [0, 0.05) is 24.8 Å². The Morgan fingerprint density at radius 2 is 1.82 bits per heavy atom. The van der Waals surface area contributed by atoms with Crippen molar-refractivity contribution in [2.24, 2.45) is 4.99 Å². The molecule has 1 aromatic heterocycles. The first kappa shape index (κ1) is 21.9. The highest BCUT2D eigenvalue weighted by Gasteiger charge is 2.03. The molecule has 0 amide bonds. The molecule has 0 bridgehead atoms. The molecule has 0 saturated carbocycles. The number of benzene rings is 2. The first-order valence-electron chi connectivity index (χ1n) is 9.11. The third-order valence-corrected chi connectivity index (χ3v) is 4.07. The maximum atomic E-state index is 13.7. The second-order valence-electron chi connectivity index (χ2n) is 6.09. The van der Waals surface area contributed by atoms with Gasteiger partial charge in [-0.3, -0.25) is 0 Å². The number of hydrogen-bond donors (Lipinski definition) is 2. The van der Waals surface area contributed by atoms with E-state index in [2.05, 4.69) is 20.7 Å². The lowest BCUT2D eigenvalue weighted by Crippen LogP contribution is -2.38. The van der Waals surface area contributed by atoms with Gasteiger partial charge in [-0.1, -0.05) is 36.4 Å². The van der Waals surface area contributed by atoms with Gasteiger partial charge in [0.25, 0.3) is 0 Å². The van der Waals surface area contributed by atoms with Crippen LogP contribution in [0.5, 0.6) is 0 Å². The molecule has 0 atom stereocenters. The van der Waals surface area contributed by atoms with Crippen molar-refractivity contribution in [3.05, 3.63) is 83.9 Å². The molecular weight excluding hydrogens is 468 g/mol. The van der Waals surface area contributed by atoms with Gasteiger partial charge < -0.3 is 10.6 Å². The molecule has 0 radical (unpaired) electrons. The van der Waals surface area contributed by atoms with Gasteiger partial charge in [0.1, 0.15) is 5.82 Å². The number of halogens is 2. The number of guanidine groups is 1. The average Bonchev–Trinajstić information content (AvgIpc) is 3.17. The van der Waals surface area contributed by atoms with Gasteiger partial charge in [-0.15, -0.1) is 24.0 Å². The fourth-order valence-electron chi connectivity index (χ4n) is 2.69. The summed E-state index contributed by atoms with van der Waals surface area (Å²) in [6.07, 6.45) is 4.39. The van der Waals surface area contributed by atoms with E-state index in [-0.39, 0.29) is 29.8 Å². The summed E-state index contributed by atoms with van der Waals surface area (Å²) in [6, 6.07) is 16.8. The molecule has 0 fully saturated rings. The molecule has 3 aromatic rings. The van der Waals surface area contributed by atoms with Crippen LogP contribution in [0.4, 0.5) is 4.39 Å². The molecule has 2 N–H and O–H groups in total. The quantitative estimate of drug-likeness (QED) is 0.298. The zero-order valence-corrected chi connectivity index (χ0v) is 18.1. The minimum absolute atomic E-state index is 0. The monoisotopic (exact) mass is 493 g/mol. The number of nitrogens with one attached hydrogen (secondary N) is 2. The highest BCUT2D eigenvalue weighted by Crippen LogP contribution is 2.08. The Morgan fingerprint density at radius 1 is 1.07 bits per heavy atom. The van der Waals surface area contributed by atoms with Gasteiger partial charge in [0.05, 0.1) is 18.4 Å². The maximum absolute atomic E-state index is 13.7. The van der Waals surface area contributed by atoms with E-state index in [4.69, 9.17) is 0 Å². The number of aliphatic imine (C=N–C) groups is 1. The number of nitrogens with zero attached hydrogens (tertiary/aromatic N) is 3. The number of aromatic nitrogens is 2. The largest absolute Gasteiger partial charge is 0.357 e. The van der Waals surface area contributed by atoms with Gasteiger partial charge in [-0.25, -0.2) is 14.1 Å². The van der Waals surface area contributed by atoms with E-state index in [1.165, 1.54) is 6.07 Å². The minimum atomic E-state index is -0.172. The van der Waals surface area contributed by atoms with Crippen LogP contribution in [0.3, 0.4) is 0 Å². The SMILES string of the molecule is CCNC(=NCc1cnn(-c2ccccc2)c1)NCCc1ccccc1F.I. The van der Waals surface area contributed by atoms with Crippen molar-refractivity contribution in [2.75, 3.05) is 13.1 Å². The van der Waals surface area contributed by atoms with Crippen LogP contribution in [-0.2, 0) is 13.0 Å². The zero-order valence-electron chi connectivity index (χ0n) is 15.8. The van der Waals surface area contributed by atoms with Gasteiger partial charge in [-0.2, -0.15) is 5.10 Å². The molecule has 28 heavy (non-hydrogen) atoms. The van der Waals surface area contributed by atoms with E-state index in [0.717, 1.165) is 17.8 Å². The topological polar surface area (TPSA) is 54.2 Å². The minimum Gasteiger partial charge on any atom is -0.357 e. The van der Waals surface area contributed by atoms with Crippen LogP contribution in [0.15, 0.2) is 72.0 Å². The van der Waals surface area contributed by atoms with Crippen molar-refractivity contribution in [1.29, 1.82) is 0 Å². The van der Waals surface area contributed by atoms with Crippen molar-refractivity contribution in [1.82, 2.24) is 20.4 Å². The Labute approximate surface area is 182 Å². The number of hydrogen-bond acceptors (Lipinski definition) is 2. The van der Waals surface area contributed by atoms with Crippen molar-refractivity contribution >= 4 is 29.9 Å². The molecule has 0 aliphatic heterocycles. The molecular formula is C21H25FIN5. The van der Waals surface area contributed by atoms with Crippen LogP contribution in [0.1, 0.15) is 18.1 Å². The molecule has 0 unspecified atom stereocenters. The fraction of sp³-hybridized carbons (Fsp3) is 0.238. The maximum Gasteiger partial charge on any atom is 0.191 e. The Balaban J connectivity index is 0.00000280. The van der Waals surface area contributed by atoms with Crippen molar-refractivity contribution in [3.63, 3.8) is 0 Å². The van der Waals surface area contributed by atoms with Gasteiger partial charge in [0.2, 0.25) is 0 Å². The standard InChI is InChI=1S/C21H24FN5.HI/c1-2-23-21(24-13-12-18-8-6-7-11-20(18)22)25-14-17-15-26-27(16-17)19-9-4-3-5-10-19;/h3-11,15-16H,2,12-14H2,1H3,(H2,23,24,25);1H. The molecule has 0 aliphatic rings. The Hall–Kier alpha value is -2.42. The summed E-state index contributed by atoms with van der Waals surface area (Å²) < 4.78 is 15.5. The predicted molar refractivity (Wildman–Crippen MR) is 122 cm³/mol. The molecule has 3 rings (SSSR count). The van der Waals surface area contributed by atoms with E-state index in [0.29, 0.717) is 31.0 Å². The Bertz CT molecular complexity index is 879. The summed E-state index contributed by atoms with van der Waals surface area (Å²) in [5.41, 5.74) is 2.73. The number of para-hydroxylation sites is 1. The second-order valence-corrected chi connectivity index (χ2v) is 6.09. The lowest BCUT2D eigenvalue weighted by molar-refractivity contribution is 0.606. The van der Waals surface area contributed by atoms with Gasteiger partial charge >= 0.3 is 0 Å². The summed E-state index contributed by atoms with van der Waals surface area (Å²) in [4.78, 5) is 4.59. The van der Waals surface area contributed by atoms with E-state index in [1.54, 1.807) is 12.1 Å². The van der Waals surface area contributed by atoms with Gasteiger partial charge in [-0.05, 0) is 37.1 Å². The third kappa shape index (κ3) is 6.33. The molecule has 7 heteroatoms. The summed E-state index contributed by atoms with van der Waals surface area (Å²) >= 11 is 0. The zero-order chi connectivity index (χ0) is 18.9. The molecule has 2 aromatic carbocycles. The van der Waals surface area contributed by atoms with Crippen LogP contribution in [0.2, 0.25) is 0 Å².